The first-order valence-corrected chi connectivity index (χ1v) is 17.7. The summed E-state index contributed by atoms with van der Waals surface area (Å²) in [4.78, 5) is 32.3. The lowest BCUT2D eigenvalue weighted by atomic mass is 9.81. The molecule has 3 aromatic rings. The molecule has 12 nitrogen and oxygen atoms in total. The monoisotopic (exact) mass is 637 g/mol. The molecule has 2 saturated carbocycles. The van der Waals surface area contributed by atoms with Crippen LogP contribution in [-0.2, 0) is 23.1 Å². The molecular formula is C32H43N7O5S. The van der Waals surface area contributed by atoms with Gasteiger partial charge in [-0.3, -0.25) is 19.4 Å². The van der Waals surface area contributed by atoms with Gasteiger partial charge in [0.1, 0.15) is 11.3 Å². The van der Waals surface area contributed by atoms with Crippen LogP contribution in [0.2, 0.25) is 0 Å². The molecule has 45 heavy (non-hydrogen) atoms. The van der Waals surface area contributed by atoms with Crippen molar-refractivity contribution in [2.75, 3.05) is 13.6 Å². The summed E-state index contributed by atoms with van der Waals surface area (Å²) in [6.07, 6.45) is 13.3. The Balaban J connectivity index is 1.40. The largest absolute Gasteiger partial charge is 0.444 e. The third-order valence-electron chi connectivity index (χ3n) is 9.87. The maximum absolute atomic E-state index is 14.1. The van der Waals surface area contributed by atoms with Gasteiger partial charge in [-0.05, 0) is 49.8 Å². The van der Waals surface area contributed by atoms with Crippen molar-refractivity contribution in [3.63, 3.8) is 0 Å². The molecule has 1 saturated heterocycles. The molecule has 3 fully saturated rings. The zero-order chi connectivity index (χ0) is 31.8. The fraction of sp³-hybridized carbons (Fsp3) is 0.625. The zero-order valence-corrected chi connectivity index (χ0v) is 26.9. The van der Waals surface area contributed by atoms with Gasteiger partial charge in [-0.15, -0.1) is 0 Å². The highest BCUT2D eigenvalue weighted by Gasteiger charge is 2.47. The van der Waals surface area contributed by atoms with Crippen molar-refractivity contribution >= 4 is 20.9 Å². The normalized spacial score (nSPS) is 23.2. The second kappa shape index (κ2) is 12.8. The summed E-state index contributed by atoms with van der Waals surface area (Å²) in [5.41, 5.74) is 1.66. The molecule has 0 amide bonds. The lowest BCUT2D eigenvalue weighted by molar-refractivity contribution is 0.130. The quantitative estimate of drug-likeness (QED) is 0.378. The molecule has 0 spiro atoms. The van der Waals surface area contributed by atoms with E-state index >= 15 is 0 Å². The third kappa shape index (κ3) is 6.65. The number of hydrogen-bond acceptors (Lipinski definition) is 9. The molecule has 2 atom stereocenters. The van der Waals surface area contributed by atoms with Gasteiger partial charge >= 0.3 is 5.69 Å². The van der Waals surface area contributed by atoms with Crippen LogP contribution in [0, 0.1) is 30.1 Å². The number of rotatable bonds is 8. The van der Waals surface area contributed by atoms with Gasteiger partial charge in [0.05, 0.1) is 34.6 Å². The lowest BCUT2D eigenvalue weighted by Gasteiger charge is -2.33. The number of hydrogen-bond donors (Lipinski definition) is 2. The minimum Gasteiger partial charge on any atom is -0.444 e. The summed E-state index contributed by atoms with van der Waals surface area (Å²) in [6, 6.07) is 6.38. The summed E-state index contributed by atoms with van der Waals surface area (Å²) < 4.78 is 37.5. The lowest BCUT2D eigenvalue weighted by Crippen LogP contribution is -2.45. The highest BCUT2D eigenvalue weighted by atomic mass is 32.2. The topological polar surface area (TPSA) is 155 Å². The highest BCUT2D eigenvalue weighted by Crippen LogP contribution is 2.36. The van der Waals surface area contributed by atoms with Gasteiger partial charge in [-0.25, -0.2) is 23.2 Å². The van der Waals surface area contributed by atoms with Crippen LogP contribution in [0.25, 0.3) is 10.9 Å². The Hall–Kier alpha value is -3.31. The second-order valence-electron chi connectivity index (χ2n) is 13.1. The fourth-order valence-corrected chi connectivity index (χ4v) is 8.69. The van der Waals surface area contributed by atoms with E-state index in [1.165, 1.54) is 72.3 Å². The van der Waals surface area contributed by atoms with Gasteiger partial charge in [0.25, 0.3) is 5.56 Å². The van der Waals surface area contributed by atoms with Crippen LogP contribution in [-0.4, -0.2) is 52.7 Å². The van der Waals surface area contributed by atoms with Gasteiger partial charge in [0, 0.05) is 39.0 Å². The third-order valence-corrected chi connectivity index (χ3v) is 11.4. The first kappa shape index (κ1) is 31.7. The van der Waals surface area contributed by atoms with Crippen molar-refractivity contribution in [1.29, 1.82) is 5.26 Å². The Morgan fingerprint density at radius 1 is 1.09 bits per heavy atom. The van der Waals surface area contributed by atoms with E-state index in [4.69, 9.17) is 4.42 Å². The number of aromatic nitrogens is 3. The summed E-state index contributed by atoms with van der Waals surface area (Å²) >= 11 is 0. The first-order chi connectivity index (χ1) is 21.6. The number of nitrogens with one attached hydrogen (secondary N) is 2. The molecule has 13 heteroatoms. The molecule has 0 bridgehead atoms. The fourth-order valence-electron chi connectivity index (χ4n) is 7.29. The number of aryl methyl sites for hydroxylation is 1. The Bertz CT molecular complexity index is 1810. The van der Waals surface area contributed by atoms with Crippen LogP contribution < -0.4 is 21.4 Å². The number of fused-ring (bicyclic) bond motifs is 1. The van der Waals surface area contributed by atoms with E-state index in [0.29, 0.717) is 42.5 Å². The molecule has 3 heterocycles. The molecule has 2 aliphatic carbocycles. The van der Waals surface area contributed by atoms with Crippen LogP contribution in [0.15, 0.2) is 43.3 Å². The number of benzene rings is 1. The first-order valence-electron chi connectivity index (χ1n) is 16.2. The number of nitrogens with zero attached hydrogens (tertiary/aromatic N) is 5. The summed E-state index contributed by atoms with van der Waals surface area (Å²) in [7, 11) is -2.03. The van der Waals surface area contributed by atoms with Gasteiger partial charge in [0.15, 0.2) is 5.89 Å². The Kier molecular flexibility index (Phi) is 9.03. The number of hydrazine groups is 1. The number of sulfonamides is 1. The minimum absolute atomic E-state index is 0.00528. The molecule has 2 unspecified atom stereocenters. The van der Waals surface area contributed by atoms with Gasteiger partial charge in [0.2, 0.25) is 10.0 Å². The van der Waals surface area contributed by atoms with E-state index in [1.54, 1.807) is 13.1 Å². The zero-order valence-electron chi connectivity index (χ0n) is 26.1. The molecule has 2 aromatic heterocycles. The average molecular weight is 638 g/mol. The average Bonchev–Trinajstić information content (AvgIpc) is 3.51. The Morgan fingerprint density at radius 2 is 1.78 bits per heavy atom. The predicted octanol–water partition coefficient (Wildman–Crippen LogP) is 3.42. The second-order valence-corrected chi connectivity index (χ2v) is 14.8. The number of oxazole rings is 1. The van der Waals surface area contributed by atoms with E-state index in [0.717, 1.165) is 12.8 Å². The van der Waals surface area contributed by atoms with Crippen LogP contribution in [0.3, 0.4) is 0 Å². The van der Waals surface area contributed by atoms with Crippen LogP contribution in [0.1, 0.15) is 82.3 Å². The summed E-state index contributed by atoms with van der Waals surface area (Å²) in [6.45, 7) is 2.59. The molecule has 0 radical (unpaired) electrons. The van der Waals surface area contributed by atoms with Gasteiger partial charge in [-0.1, -0.05) is 44.9 Å². The smallest absolute Gasteiger partial charge is 0.331 e. The Morgan fingerprint density at radius 3 is 2.40 bits per heavy atom. The van der Waals surface area contributed by atoms with Crippen LogP contribution >= 0.6 is 0 Å². The maximum Gasteiger partial charge on any atom is 0.331 e. The van der Waals surface area contributed by atoms with Crippen LogP contribution in [0.5, 0.6) is 0 Å². The minimum atomic E-state index is -4.09. The SMILES string of the molecule is Cc1ncc(Cn2c(=O)n(CC3CNN(C)C3C3CCCCCCCCC3)c(=O)c3cc(S(=O)(=O)NC4(C#N)CC4)ccc32)o1. The van der Waals surface area contributed by atoms with Crippen molar-refractivity contribution < 1.29 is 12.8 Å². The molecular weight excluding hydrogens is 594 g/mol. The summed E-state index contributed by atoms with van der Waals surface area (Å²) in [5.74, 6) is 1.35. The van der Waals surface area contributed by atoms with Gasteiger partial charge < -0.3 is 4.42 Å². The standard InChI is InChI=1S/C32H43N7O5S/c1-22-34-18-25(44-22)20-38-28-13-12-26(45(42,43)36-32(21-33)14-15-32)16-27(28)30(40)39(31(38)41)19-24-17-35-37(2)29(24)23-10-8-6-4-3-5-7-9-11-23/h12-13,16,18,23-24,29,35-36H,3-11,14-15,17,19-20H2,1-2H3. The maximum atomic E-state index is 14.1. The molecule has 2 N–H and O–H groups in total. The molecule has 3 aliphatic rings. The van der Waals surface area contributed by atoms with E-state index in [2.05, 4.69) is 27.2 Å². The van der Waals surface area contributed by atoms with Crippen LogP contribution in [0.4, 0.5) is 0 Å². The molecule has 6 rings (SSSR count). The van der Waals surface area contributed by atoms with E-state index < -0.39 is 26.8 Å². The van der Waals surface area contributed by atoms with E-state index in [9.17, 15) is 23.3 Å². The predicted molar refractivity (Wildman–Crippen MR) is 169 cm³/mol. The van der Waals surface area contributed by atoms with E-state index in [1.807, 2.05) is 6.07 Å². The molecule has 1 aromatic carbocycles. The molecule has 1 aliphatic heterocycles. The van der Waals surface area contributed by atoms with Gasteiger partial charge in [-0.2, -0.15) is 9.98 Å². The number of nitriles is 1. The Labute approximate surface area is 263 Å². The van der Waals surface area contributed by atoms with Crippen molar-refractivity contribution in [2.24, 2.45) is 11.8 Å². The highest BCUT2D eigenvalue weighted by molar-refractivity contribution is 7.89. The van der Waals surface area contributed by atoms with Crippen molar-refractivity contribution in [1.82, 2.24) is 29.3 Å². The van der Waals surface area contributed by atoms with Crippen molar-refractivity contribution in [3.05, 3.63) is 56.9 Å². The summed E-state index contributed by atoms with van der Waals surface area (Å²) in [5, 5.41) is 11.7. The van der Waals surface area contributed by atoms with E-state index in [-0.39, 0.29) is 35.3 Å². The molecule has 242 valence electrons. The van der Waals surface area contributed by atoms with Crippen molar-refractivity contribution in [2.45, 2.75) is 107 Å². The van der Waals surface area contributed by atoms with Crippen molar-refractivity contribution in [3.8, 4) is 6.07 Å².